The van der Waals surface area contributed by atoms with E-state index in [2.05, 4.69) is 66.6 Å². The number of oxazole rings is 1. The molecule has 3 aromatic rings. The van der Waals surface area contributed by atoms with Crippen LogP contribution in [0, 0.1) is 0 Å². The Hall–Kier alpha value is -3.30. The summed E-state index contributed by atoms with van der Waals surface area (Å²) >= 11 is 0. The molecule has 2 aromatic heterocycles. The fraction of sp³-hybridized carbons (Fsp3) is 0.391. The molecule has 0 saturated carbocycles. The van der Waals surface area contributed by atoms with Gasteiger partial charge in [-0.1, -0.05) is 42.5 Å². The number of hydrogen-bond donors (Lipinski definition) is 1. The monoisotopic (exact) mass is 435 g/mol. The van der Waals surface area contributed by atoms with Gasteiger partial charge in [0.25, 0.3) is 5.91 Å². The number of nitrogens with zero attached hydrogens (tertiary/aromatic N) is 6. The molecule has 0 spiro atoms. The van der Waals surface area contributed by atoms with E-state index in [9.17, 15) is 4.79 Å². The van der Waals surface area contributed by atoms with E-state index in [1.807, 2.05) is 13.0 Å². The first-order valence-corrected chi connectivity index (χ1v) is 10.9. The van der Waals surface area contributed by atoms with Crippen LogP contribution in [0.25, 0.3) is 6.08 Å². The van der Waals surface area contributed by atoms with Gasteiger partial charge >= 0.3 is 0 Å². The molecule has 1 aliphatic heterocycles. The van der Waals surface area contributed by atoms with Gasteiger partial charge in [-0.05, 0) is 12.5 Å². The van der Waals surface area contributed by atoms with E-state index in [1.165, 1.54) is 18.2 Å². The van der Waals surface area contributed by atoms with Crippen molar-refractivity contribution < 1.29 is 9.21 Å². The zero-order chi connectivity index (χ0) is 22.2. The fourth-order valence-corrected chi connectivity index (χ4v) is 3.66. The standard InChI is InChI=1S/C23H29N7O2/c1-19(14-30-18-24-17-25-30)26-23(31)21-16-32-22(27-21)15-29-12-10-28(11-13-29)9-5-8-20-6-3-2-4-7-20/h2-8,16-19H,9-15H2,1H3,(H,26,31). The maximum atomic E-state index is 12.4. The van der Waals surface area contributed by atoms with Gasteiger partial charge in [0.05, 0.1) is 13.1 Å². The number of aromatic nitrogens is 4. The average Bonchev–Trinajstić information content (AvgIpc) is 3.48. The molecule has 4 rings (SSSR count). The summed E-state index contributed by atoms with van der Waals surface area (Å²) in [6.45, 7) is 7.88. The van der Waals surface area contributed by atoms with Gasteiger partial charge in [-0.3, -0.25) is 19.3 Å². The van der Waals surface area contributed by atoms with Crippen molar-refractivity contribution in [1.29, 1.82) is 0 Å². The number of amides is 1. The SMILES string of the molecule is CC(Cn1cncn1)NC(=O)c1coc(CN2CCN(CC=Cc3ccccc3)CC2)n1. The predicted octanol–water partition coefficient (Wildman–Crippen LogP) is 1.92. The summed E-state index contributed by atoms with van der Waals surface area (Å²) in [6.07, 6.45) is 8.90. The summed E-state index contributed by atoms with van der Waals surface area (Å²) < 4.78 is 7.23. The molecule has 1 atom stereocenters. The Morgan fingerprint density at radius 2 is 1.97 bits per heavy atom. The minimum absolute atomic E-state index is 0.103. The maximum absolute atomic E-state index is 12.4. The first-order chi connectivity index (χ1) is 15.7. The van der Waals surface area contributed by atoms with Crippen LogP contribution in [-0.4, -0.2) is 74.2 Å². The predicted molar refractivity (Wildman–Crippen MR) is 121 cm³/mol. The second-order valence-electron chi connectivity index (χ2n) is 8.01. The lowest BCUT2D eigenvalue weighted by atomic mass is 10.2. The van der Waals surface area contributed by atoms with Crippen LogP contribution in [0.15, 0.2) is 59.7 Å². The molecule has 0 radical (unpaired) electrons. The fourth-order valence-electron chi connectivity index (χ4n) is 3.66. The van der Waals surface area contributed by atoms with Crippen LogP contribution in [-0.2, 0) is 13.1 Å². The van der Waals surface area contributed by atoms with E-state index >= 15 is 0 Å². The highest BCUT2D eigenvalue weighted by molar-refractivity contribution is 5.92. The van der Waals surface area contributed by atoms with Crippen molar-refractivity contribution in [2.75, 3.05) is 32.7 Å². The molecule has 168 valence electrons. The largest absolute Gasteiger partial charge is 0.447 e. The summed E-state index contributed by atoms with van der Waals surface area (Å²) in [5.74, 6) is 0.319. The third-order valence-electron chi connectivity index (χ3n) is 5.39. The summed E-state index contributed by atoms with van der Waals surface area (Å²) in [7, 11) is 0. The molecule has 3 heterocycles. The summed E-state index contributed by atoms with van der Waals surface area (Å²) in [5, 5.41) is 6.96. The van der Waals surface area contributed by atoms with Gasteiger partial charge in [0, 0.05) is 38.8 Å². The van der Waals surface area contributed by atoms with E-state index in [1.54, 1.807) is 11.0 Å². The van der Waals surface area contributed by atoms with Crippen molar-refractivity contribution in [2.45, 2.75) is 26.1 Å². The molecule has 1 amide bonds. The molecule has 0 bridgehead atoms. The number of hydrogen-bond acceptors (Lipinski definition) is 7. The van der Waals surface area contributed by atoms with Gasteiger partial charge in [-0.2, -0.15) is 5.10 Å². The molecular weight excluding hydrogens is 406 g/mol. The van der Waals surface area contributed by atoms with Crippen LogP contribution in [0.3, 0.4) is 0 Å². The highest BCUT2D eigenvalue weighted by atomic mass is 16.3. The van der Waals surface area contributed by atoms with Crippen LogP contribution in [0.2, 0.25) is 0 Å². The van der Waals surface area contributed by atoms with Crippen LogP contribution in [0.5, 0.6) is 0 Å². The van der Waals surface area contributed by atoms with Crippen molar-refractivity contribution >= 4 is 12.0 Å². The Morgan fingerprint density at radius 1 is 1.19 bits per heavy atom. The maximum Gasteiger partial charge on any atom is 0.273 e. The van der Waals surface area contributed by atoms with Crippen LogP contribution >= 0.6 is 0 Å². The molecule has 1 aromatic carbocycles. The van der Waals surface area contributed by atoms with E-state index < -0.39 is 0 Å². The summed E-state index contributed by atoms with van der Waals surface area (Å²) in [4.78, 5) is 25.4. The topological polar surface area (TPSA) is 92.3 Å². The molecule has 1 N–H and O–H groups in total. The number of carbonyl (C=O) groups is 1. The second-order valence-corrected chi connectivity index (χ2v) is 8.01. The van der Waals surface area contributed by atoms with Crippen molar-refractivity contribution in [2.24, 2.45) is 0 Å². The van der Waals surface area contributed by atoms with Gasteiger partial charge < -0.3 is 9.73 Å². The highest BCUT2D eigenvalue weighted by Gasteiger charge is 2.20. The summed E-state index contributed by atoms with van der Waals surface area (Å²) in [5.41, 5.74) is 1.53. The quantitative estimate of drug-likeness (QED) is 0.549. The number of benzene rings is 1. The van der Waals surface area contributed by atoms with Gasteiger partial charge in [-0.15, -0.1) is 0 Å². The molecule has 1 fully saturated rings. The van der Waals surface area contributed by atoms with Gasteiger partial charge in [-0.25, -0.2) is 9.97 Å². The zero-order valence-corrected chi connectivity index (χ0v) is 18.3. The molecule has 1 unspecified atom stereocenters. The third kappa shape index (κ3) is 6.35. The summed E-state index contributed by atoms with van der Waals surface area (Å²) in [6, 6.07) is 10.2. The van der Waals surface area contributed by atoms with Gasteiger partial charge in [0.15, 0.2) is 5.69 Å². The first kappa shape index (κ1) is 21.9. The third-order valence-corrected chi connectivity index (χ3v) is 5.39. The molecule has 1 saturated heterocycles. The lowest BCUT2D eigenvalue weighted by molar-refractivity contribution is 0.0930. The number of rotatable bonds is 9. The van der Waals surface area contributed by atoms with Crippen molar-refractivity contribution in [3.05, 3.63) is 72.5 Å². The van der Waals surface area contributed by atoms with Crippen LogP contribution in [0.4, 0.5) is 0 Å². The van der Waals surface area contributed by atoms with E-state index in [0.717, 1.165) is 32.7 Å². The van der Waals surface area contributed by atoms with Gasteiger partial charge in [0.2, 0.25) is 5.89 Å². The van der Waals surface area contributed by atoms with Gasteiger partial charge in [0.1, 0.15) is 18.9 Å². The minimum atomic E-state index is -0.248. The Labute approximate surface area is 187 Å². The van der Waals surface area contributed by atoms with Crippen molar-refractivity contribution in [3.8, 4) is 0 Å². The van der Waals surface area contributed by atoms with Crippen LogP contribution < -0.4 is 5.32 Å². The normalized spacial score (nSPS) is 16.4. The number of piperazine rings is 1. The zero-order valence-electron chi connectivity index (χ0n) is 18.3. The Bertz CT molecular complexity index is 993. The van der Waals surface area contributed by atoms with E-state index in [0.29, 0.717) is 24.7 Å². The average molecular weight is 436 g/mol. The molecule has 9 heteroatoms. The smallest absolute Gasteiger partial charge is 0.273 e. The molecule has 32 heavy (non-hydrogen) atoms. The molecule has 9 nitrogen and oxygen atoms in total. The number of nitrogens with one attached hydrogen (secondary N) is 1. The van der Waals surface area contributed by atoms with Crippen molar-refractivity contribution in [3.63, 3.8) is 0 Å². The highest BCUT2D eigenvalue weighted by Crippen LogP contribution is 2.10. The van der Waals surface area contributed by atoms with Crippen molar-refractivity contribution in [1.82, 2.24) is 34.9 Å². The Kier molecular flexibility index (Phi) is 7.42. The molecule has 0 aliphatic carbocycles. The number of carbonyl (C=O) groups excluding carboxylic acids is 1. The molecular formula is C23H29N7O2. The Morgan fingerprint density at radius 3 is 2.72 bits per heavy atom. The Balaban J connectivity index is 1.19. The first-order valence-electron chi connectivity index (χ1n) is 10.9. The van der Waals surface area contributed by atoms with E-state index in [4.69, 9.17) is 4.42 Å². The lowest BCUT2D eigenvalue weighted by Crippen LogP contribution is -2.45. The minimum Gasteiger partial charge on any atom is -0.447 e. The van der Waals surface area contributed by atoms with Crippen LogP contribution in [0.1, 0.15) is 28.9 Å². The second kappa shape index (κ2) is 10.8. The lowest BCUT2D eigenvalue weighted by Gasteiger charge is -2.33. The molecule has 1 aliphatic rings. The van der Waals surface area contributed by atoms with E-state index in [-0.39, 0.29) is 11.9 Å².